The molecule has 2 amide bonds. The number of anilines is 1. The summed E-state index contributed by atoms with van der Waals surface area (Å²) in [6.45, 7) is 4.74. The van der Waals surface area contributed by atoms with Crippen molar-refractivity contribution in [3.63, 3.8) is 0 Å². The molecule has 0 atom stereocenters. The van der Waals surface area contributed by atoms with E-state index in [-0.39, 0.29) is 24.2 Å². The van der Waals surface area contributed by atoms with Crippen LogP contribution >= 0.6 is 12.4 Å². The number of rotatable bonds is 5. The van der Waals surface area contributed by atoms with Gasteiger partial charge in [0, 0.05) is 24.3 Å². The van der Waals surface area contributed by atoms with Gasteiger partial charge in [0.1, 0.15) is 0 Å². The van der Waals surface area contributed by atoms with Crippen LogP contribution in [0.3, 0.4) is 0 Å². The molecule has 0 aromatic heterocycles. The lowest BCUT2D eigenvalue weighted by Crippen LogP contribution is -2.40. The summed E-state index contributed by atoms with van der Waals surface area (Å²) in [4.78, 5) is 24.6. The van der Waals surface area contributed by atoms with Gasteiger partial charge >= 0.3 is 0 Å². The molecule has 0 saturated heterocycles. The van der Waals surface area contributed by atoms with Gasteiger partial charge in [0.05, 0.1) is 5.41 Å². The van der Waals surface area contributed by atoms with E-state index in [0.29, 0.717) is 24.3 Å². The average molecular weight is 340 g/mol. The number of halogens is 1. The van der Waals surface area contributed by atoms with E-state index in [4.69, 9.17) is 5.73 Å². The summed E-state index contributed by atoms with van der Waals surface area (Å²) in [5, 5.41) is 5.75. The van der Waals surface area contributed by atoms with E-state index in [1.165, 1.54) is 0 Å². The predicted molar refractivity (Wildman–Crippen MR) is 95.0 cm³/mol. The van der Waals surface area contributed by atoms with Gasteiger partial charge in [0.25, 0.3) is 5.91 Å². The Balaban J connectivity index is 0.00000264. The van der Waals surface area contributed by atoms with Crippen LogP contribution in [0.2, 0.25) is 0 Å². The highest BCUT2D eigenvalue weighted by Crippen LogP contribution is 2.38. The fraction of sp³-hybridized carbons (Fsp3) is 0.529. The molecule has 1 aliphatic carbocycles. The van der Waals surface area contributed by atoms with Crippen molar-refractivity contribution in [3.8, 4) is 0 Å². The molecule has 2 rings (SSSR count). The van der Waals surface area contributed by atoms with E-state index in [1.54, 1.807) is 12.1 Å². The molecule has 1 aromatic carbocycles. The van der Waals surface area contributed by atoms with Crippen LogP contribution in [0, 0.1) is 12.3 Å². The van der Waals surface area contributed by atoms with Gasteiger partial charge < -0.3 is 16.4 Å². The molecule has 1 aromatic rings. The number of aryl methyl sites for hydroxylation is 1. The second-order valence-electron chi connectivity index (χ2n) is 6.03. The van der Waals surface area contributed by atoms with Crippen LogP contribution in [0.15, 0.2) is 18.2 Å². The Bertz CT molecular complexity index is 569. The summed E-state index contributed by atoms with van der Waals surface area (Å²) in [5.41, 5.74) is 7.58. The third kappa shape index (κ3) is 4.24. The van der Waals surface area contributed by atoms with Gasteiger partial charge in [-0.1, -0.05) is 18.9 Å². The minimum absolute atomic E-state index is 0. The summed E-state index contributed by atoms with van der Waals surface area (Å²) in [7, 11) is 0. The number of nitrogens with two attached hydrogens (primary N) is 1. The average Bonchev–Trinajstić information content (AvgIpc) is 3.00. The summed E-state index contributed by atoms with van der Waals surface area (Å²) in [6, 6.07) is 5.35. The van der Waals surface area contributed by atoms with Crippen molar-refractivity contribution in [2.24, 2.45) is 11.1 Å². The van der Waals surface area contributed by atoms with Crippen molar-refractivity contribution in [1.29, 1.82) is 0 Å². The molecule has 0 bridgehead atoms. The Morgan fingerprint density at radius 2 is 1.91 bits per heavy atom. The van der Waals surface area contributed by atoms with Gasteiger partial charge in [-0.05, 0) is 44.4 Å². The van der Waals surface area contributed by atoms with Crippen molar-refractivity contribution in [3.05, 3.63) is 29.3 Å². The SMILES string of the molecule is CCNC(=O)c1ccc(C)c(NC(=O)C2(CN)CCCC2)c1.Cl. The topological polar surface area (TPSA) is 84.2 Å². The zero-order valence-corrected chi connectivity index (χ0v) is 14.6. The molecular weight excluding hydrogens is 314 g/mol. The van der Waals surface area contributed by atoms with E-state index in [1.807, 2.05) is 19.9 Å². The molecule has 0 heterocycles. The van der Waals surface area contributed by atoms with Crippen molar-refractivity contribution in [2.75, 3.05) is 18.4 Å². The summed E-state index contributed by atoms with van der Waals surface area (Å²) < 4.78 is 0. The lowest BCUT2D eigenvalue weighted by molar-refractivity contribution is -0.124. The Hall–Kier alpha value is -1.59. The minimum Gasteiger partial charge on any atom is -0.352 e. The Morgan fingerprint density at radius 3 is 2.48 bits per heavy atom. The van der Waals surface area contributed by atoms with E-state index < -0.39 is 5.41 Å². The zero-order chi connectivity index (χ0) is 16.2. The normalized spacial score (nSPS) is 15.6. The summed E-state index contributed by atoms with van der Waals surface area (Å²) >= 11 is 0. The van der Waals surface area contributed by atoms with Gasteiger partial charge in [-0.15, -0.1) is 12.4 Å². The maximum Gasteiger partial charge on any atom is 0.251 e. The highest BCUT2D eigenvalue weighted by atomic mass is 35.5. The standard InChI is InChI=1S/C17H25N3O2.ClH/c1-3-19-15(21)13-7-6-12(2)14(10-13)20-16(22)17(11-18)8-4-5-9-17;/h6-7,10H,3-5,8-9,11,18H2,1-2H3,(H,19,21)(H,20,22);1H. The number of carbonyl (C=O) groups excluding carboxylic acids is 2. The van der Waals surface area contributed by atoms with Gasteiger partial charge in [-0.3, -0.25) is 9.59 Å². The summed E-state index contributed by atoms with van der Waals surface area (Å²) in [6.07, 6.45) is 3.76. The minimum atomic E-state index is -0.450. The molecule has 1 fully saturated rings. The van der Waals surface area contributed by atoms with E-state index in [0.717, 1.165) is 31.2 Å². The van der Waals surface area contributed by atoms with Gasteiger partial charge in [0.15, 0.2) is 0 Å². The van der Waals surface area contributed by atoms with Crippen LogP contribution in [-0.2, 0) is 4.79 Å². The fourth-order valence-electron chi connectivity index (χ4n) is 2.99. The zero-order valence-electron chi connectivity index (χ0n) is 13.8. The van der Waals surface area contributed by atoms with Crippen LogP contribution < -0.4 is 16.4 Å². The Kier molecular flexibility index (Phi) is 7.03. The molecular formula is C17H26ClN3O2. The number of hydrogen-bond donors (Lipinski definition) is 3. The molecule has 1 saturated carbocycles. The van der Waals surface area contributed by atoms with Crippen LogP contribution in [0.1, 0.15) is 48.5 Å². The smallest absolute Gasteiger partial charge is 0.251 e. The first-order valence-corrected chi connectivity index (χ1v) is 7.93. The number of amides is 2. The van der Waals surface area contributed by atoms with Crippen molar-refractivity contribution < 1.29 is 9.59 Å². The van der Waals surface area contributed by atoms with Gasteiger partial charge in [-0.2, -0.15) is 0 Å². The lowest BCUT2D eigenvalue weighted by Gasteiger charge is -2.26. The van der Waals surface area contributed by atoms with E-state index >= 15 is 0 Å². The van der Waals surface area contributed by atoms with Gasteiger partial charge in [-0.25, -0.2) is 0 Å². The van der Waals surface area contributed by atoms with E-state index in [2.05, 4.69) is 10.6 Å². The first-order chi connectivity index (χ1) is 10.5. The second kappa shape index (κ2) is 8.31. The molecule has 1 aliphatic rings. The lowest BCUT2D eigenvalue weighted by atomic mass is 9.85. The predicted octanol–water partition coefficient (Wildman–Crippen LogP) is 2.62. The number of carbonyl (C=O) groups is 2. The Labute approximate surface area is 143 Å². The number of nitrogens with one attached hydrogen (secondary N) is 2. The largest absolute Gasteiger partial charge is 0.352 e. The molecule has 4 N–H and O–H groups in total. The first-order valence-electron chi connectivity index (χ1n) is 7.93. The third-order valence-corrected chi connectivity index (χ3v) is 4.52. The highest BCUT2D eigenvalue weighted by molar-refractivity contribution is 5.99. The molecule has 0 radical (unpaired) electrons. The Morgan fingerprint density at radius 1 is 1.26 bits per heavy atom. The fourth-order valence-corrected chi connectivity index (χ4v) is 2.99. The van der Waals surface area contributed by atoms with Crippen LogP contribution in [0.25, 0.3) is 0 Å². The molecule has 0 spiro atoms. The maximum absolute atomic E-state index is 12.6. The van der Waals surface area contributed by atoms with Gasteiger partial charge in [0.2, 0.25) is 5.91 Å². The van der Waals surface area contributed by atoms with Crippen LogP contribution in [-0.4, -0.2) is 24.9 Å². The number of benzene rings is 1. The second-order valence-corrected chi connectivity index (χ2v) is 6.03. The van der Waals surface area contributed by atoms with E-state index in [9.17, 15) is 9.59 Å². The number of hydrogen-bond acceptors (Lipinski definition) is 3. The van der Waals surface area contributed by atoms with Crippen LogP contribution in [0.4, 0.5) is 5.69 Å². The molecule has 0 aliphatic heterocycles. The maximum atomic E-state index is 12.6. The third-order valence-electron chi connectivity index (χ3n) is 4.52. The molecule has 23 heavy (non-hydrogen) atoms. The van der Waals surface area contributed by atoms with Crippen molar-refractivity contribution in [1.82, 2.24) is 5.32 Å². The molecule has 5 nitrogen and oxygen atoms in total. The summed E-state index contributed by atoms with van der Waals surface area (Å²) in [5.74, 6) is -0.156. The van der Waals surface area contributed by atoms with Crippen LogP contribution in [0.5, 0.6) is 0 Å². The molecule has 0 unspecified atom stereocenters. The quantitative estimate of drug-likeness (QED) is 0.771. The van der Waals surface area contributed by atoms with Crippen molar-refractivity contribution in [2.45, 2.75) is 39.5 Å². The molecule has 128 valence electrons. The van der Waals surface area contributed by atoms with Crippen molar-refractivity contribution >= 4 is 29.9 Å². The molecule has 6 heteroatoms. The highest BCUT2D eigenvalue weighted by Gasteiger charge is 2.39. The first kappa shape index (κ1) is 19.5. The monoisotopic (exact) mass is 339 g/mol.